The molecule has 0 spiro atoms. The van der Waals surface area contributed by atoms with Crippen LogP contribution in [-0.4, -0.2) is 44.1 Å². The Morgan fingerprint density at radius 3 is 2.74 bits per heavy atom. The smallest absolute Gasteiger partial charge is 0.227 e. The van der Waals surface area contributed by atoms with Crippen molar-refractivity contribution in [2.75, 3.05) is 30.3 Å². The predicted molar refractivity (Wildman–Crippen MR) is 88.9 cm³/mol. The van der Waals surface area contributed by atoms with Gasteiger partial charge in [-0.2, -0.15) is 4.98 Å². The van der Waals surface area contributed by atoms with Gasteiger partial charge in [-0.3, -0.25) is 4.90 Å². The molecule has 0 amide bonds. The lowest BCUT2D eigenvalue weighted by Gasteiger charge is -2.29. The van der Waals surface area contributed by atoms with Crippen molar-refractivity contribution in [2.24, 2.45) is 7.05 Å². The molecular formula is C16H23N7. The minimum atomic E-state index is 0.661. The molecular weight excluding hydrogens is 290 g/mol. The topological polar surface area (TPSA) is 76.1 Å². The molecule has 0 unspecified atom stereocenters. The Morgan fingerprint density at radius 2 is 2.00 bits per heavy atom. The van der Waals surface area contributed by atoms with Gasteiger partial charge in [-0.05, 0) is 19.3 Å². The normalized spacial score (nSPS) is 18.4. The summed E-state index contributed by atoms with van der Waals surface area (Å²) in [6.07, 6.45) is 7.17. The fraction of sp³-hybridized carbons (Fsp3) is 0.562. The molecule has 0 saturated carbocycles. The number of nitrogen functional groups attached to an aromatic ring is 1. The molecule has 1 fully saturated rings. The van der Waals surface area contributed by atoms with E-state index in [4.69, 9.17) is 10.7 Å². The predicted octanol–water partition coefficient (Wildman–Crippen LogP) is 0.951. The number of nitrogens with two attached hydrogens (primary N) is 1. The largest absolute Gasteiger partial charge is 0.383 e. The molecule has 2 aromatic rings. The summed E-state index contributed by atoms with van der Waals surface area (Å²) in [5, 5.41) is 0. The molecule has 2 aromatic heterocycles. The summed E-state index contributed by atoms with van der Waals surface area (Å²) in [6.45, 7) is 4.70. The number of hydrogen-bond donors (Lipinski definition) is 1. The monoisotopic (exact) mass is 313 g/mol. The van der Waals surface area contributed by atoms with E-state index in [1.165, 1.54) is 12.8 Å². The van der Waals surface area contributed by atoms with Crippen LogP contribution in [-0.2, 0) is 26.6 Å². The Bertz CT molecular complexity index is 702. The summed E-state index contributed by atoms with van der Waals surface area (Å²) in [7, 11) is 2.03. The van der Waals surface area contributed by atoms with E-state index in [1.54, 1.807) is 0 Å². The number of hydrogen-bond acceptors (Lipinski definition) is 6. The number of aromatic nitrogens is 4. The summed E-state index contributed by atoms with van der Waals surface area (Å²) < 4.78 is 2.07. The maximum Gasteiger partial charge on any atom is 0.227 e. The molecule has 0 bridgehead atoms. The highest BCUT2D eigenvalue weighted by molar-refractivity contribution is 5.49. The summed E-state index contributed by atoms with van der Waals surface area (Å²) in [6, 6.07) is 0. The number of aryl methyl sites for hydroxylation is 1. The molecule has 7 nitrogen and oxygen atoms in total. The molecule has 0 atom stereocenters. The molecule has 23 heavy (non-hydrogen) atoms. The van der Waals surface area contributed by atoms with Gasteiger partial charge in [0.05, 0.1) is 12.2 Å². The van der Waals surface area contributed by atoms with Crippen LogP contribution in [0.5, 0.6) is 0 Å². The van der Waals surface area contributed by atoms with Crippen molar-refractivity contribution in [1.29, 1.82) is 0 Å². The molecule has 2 aliphatic rings. The van der Waals surface area contributed by atoms with Crippen molar-refractivity contribution in [3.63, 3.8) is 0 Å². The minimum absolute atomic E-state index is 0.661. The van der Waals surface area contributed by atoms with Crippen molar-refractivity contribution < 1.29 is 0 Å². The Balaban J connectivity index is 1.56. The Morgan fingerprint density at radius 1 is 1.17 bits per heavy atom. The molecule has 7 heteroatoms. The van der Waals surface area contributed by atoms with E-state index in [1.807, 2.05) is 19.4 Å². The van der Waals surface area contributed by atoms with Crippen LogP contribution in [0.25, 0.3) is 0 Å². The lowest BCUT2D eigenvalue weighted by Crippen LogP contribution is -2.33. The number of rotatable bonds is 3. The van der Waals surface area contributed by atoms with Crippen LogP contribution in [0.3, 0.4) is 0 Å². The quantitative estimate of drug-likeness (QED) is 0.909. The fourth-order valence-electron chi connectivity index (χ4n) is 3.44. The maximum absolute atomic E-state index is 6.20. The van der Waals surface area contributed by atoms with Gasteiger partial charge >= 0.3 is 0 Å². The average Bonchev–Trinajstić information content (AvgIpc) is 3.20. The zero-order valence-electron chi connectivity index (χ0n) is 13.6. The van der Waals surface area contributed by atoms with E-state index in [0.29, 0.717) is 5.82 Å². The average molecular weight is 313 g/mol. The molecule has 0 aliphatic carbocycles. The van der Waals surface area contributed by atoms with Crippen LogP contribution in [0.2, 0.25) is 0 Å². The van der Waals surface area contributed by atoms with E-state index in [9.17, 15) is 0 Å². The first-order chi connectivity index (χ1) is 11.2. The van der Waals surface area contributed by atoms with Gasteiger partial charge in [0, 0.05) is 51.2 Å². The highest BCUT2D eigenvalue weighted by Gasteiger charge is 2.24. The van der Waals surface area contributed by atoms with Crippen LogP contribution < -0.4 is 10.6 Å². The van der Waals surface area contributed by atoms with Crippen molar-refractivity contribution >= 4 is 11.8 Å². The summed E-state index contributed by atoms with van der Waals surface area (Å²) in [5.74, 6) is 2.54. The van der Waals surface area contributed by atoms with Gasteiger partial charge in [0.1, 0.15) is 11.6 Å². The van der Waals surface area contributed by atoms with Crippen LogP contribution >= 0.6 is 0 Å². The third-order valence-electron chi connectivity index (χ3n) is 4.84. The second-order valence-electron chi connectivity index (χ2n) is 6.44. The Kier molecular flexibility index (Phi) is 3.65. The molecule has 4 heterocycles. The summed E-state index contributed by atoms with van der Waals surface area (Å²) >= 11 is 0. The second kappa shape index (κ2) is 5.81. The molecule has 1 saturated heterocycles. The number of fused-ring (bicyclic) bond motifs is 1. The highest BCUT2D eigenvalue weighted by Crippen LogP contribution is 2.26. The lowest BCUT2D eigenvalue weighted by molar-refractivity contribution is 0.233. The van der Waals surface area contributed by atoms with Crippen LogP contribution in [0.1, 0.15) is 29.9 Å². The van der Waals surface area contributed by atoms with Crippen LogP contribution in [0, 0.1) is 0 Å². The fourth-order valence-corrected chi connectivity index (χ4v) is 3.44. The van der Waals surface area contributed by atoms with Gasteiger partial charge in [-0.1, -0.05) is 0 Å². The maximum atomic E-state index is 6.20. The van der Waals surface area contributed by atoms with E-state index in [-0.39, 0.29) is 0 Å². The Labute approximate surface area is 136 Å². The first-order valence-corrected chi connectivity index (χ1v) is 8.29. The molecule has 2 N–H and O–H groups in total. The van der Waals surface area contributed by atoms with Gasteiger partial charge < -0.3 is 15.2 Å². The highest BCUT2D eigenvalue weighted by atomic mass is 15.3. The summed E-state index contributed by atoms with van der Waals surface area (Å²) in [4.78, 5) is 18.4. The van der Waals surface area contributed by atoms with Gasteiger partial charge in [0.25, 0.3) is 0 Å². The number of nitrogens with zero attached hydrogens (tertiary/aromatic N) is 6. The van der Waals surface area contributed by atoms with Crippen molar-refractivity contribution in [2.45, 2.75) is 32.4 Å². The third kappa shape index (κ3) is 2.76. The number of anilines is 2. The summed E-state index contributed by atoms with van der Waals surface area (Å²) in [5.41, 5.74) is 8.41. The standard InChI is InChI=1S/C16H23N7/c1-21-9-5-18-14(21)11-22-8-4-12-13(10-22)19-16(20-15(12)17)23-6-2-3-7-23/h5,9H,2-4,6-8,10-11H2,1H3,(H2,17,19,20). The van der Waals surface area contributed by atoms with E-state index in [0.717, 1.165) is 62.2 Å². The molecule has 4 rings (SSSR count). The van der Waals surface area contributed by atoms with Gasteiger partial charge in [-0.25, -0.2) is 9.97 Å². The first-order valence-electron chi connectivity index (χ1n) is 8.29. The lowest BCUT2D eigenvalue weighted by atomic mass is 10.1. The van der Waals surface area contributed by atoms with Gasteiger partial charge in [0.15, 0.2) is 0 Å². The van der Waals surface area contributed by atoms with E-state index >= 15 is 0 Å². The first kappa shape index (κ1) is 14.4. The molecule has 0 aromatic carbocycles. The van der Waals surface area contributed by atoms with E-state index < -0.39 is 0 Å². The van der Waals surface area contributed by atoms with Crippen molar-refractivity contribution in [3.05, 3.63) is 29.5 Å². The van der Waals surface area contributed by atoms with Crippen molar-refractivity contribution in [1.82, 2.24) is 24.4 Å². The van der Waals surface area contributed by atoms with Crippen molar-refractivity contribution in [3.8, 4) is 0 Å². The van der Waals surface area contributed by atoms with Crippen LogP contribution in [0.4, 0.5) is 11.8 Å². The van der Waals surface area contributed by atoms with Gasteiger partial charge in [-0.15, -0.1) is 0 Å². The third-order valence-corrected chi connectivity index (χ3v) is 4.84. The SMILES string of the molecule is Cn1ccnc1CN1CCc2c(N)nc(N3CCCC3)nc2C1. The zero-order valence-corrected chi connectivity index (χ0v) is 13.6. The minimum Gasteiger partial charge on any atom is -0.383 e. The zero-order chi connectivity index (χ0) is 15.8. The molecule has 122 valence electrons. The Hall–Kier alpha value is -2.15. The molecule has 0 radical (unpaired) electrons. The molecule has 2 aliphatic heterocycles. The second-order valence-corrected chi connectivity index (χ2v) is 6.44. The van der Waals surface area contributed by atoms with Crippen LogP contribution in [0.15, 0.2) is 12.4 Å². The number of imidazole rings is 1. The van der Waals surface area contributed by atoms with Gasteiger partial charge in [0.2, 0.25) is 5.95 Å². The van der Waals surface area contributed by atoms with E-state index in [2.05, 4.69) is 24.3 Å².